The van der Waals surface area contributed by atoms with Gasteiger partial charge in [-0.05, 0) is 55.8 Å². The highest BCUT2D eigenvalue weighted by molar-refractivity contribution is 7.20. The van der Waals surface area contributed by atoms with E-state index >= 15 is 0 Å². The van der Waals surface area contributed by atoms with Gasteiger partial charge in [-0.15, -0.1) is 11.3 Å². The molecule has 0 radical (unpaired) electrons. The summed E-state index contributed by atoms with van der Waals surface area (Å²) in [7, 11) is 1.58. The first-order valence-electron chi connectivity index (χ1n) is 10.8. The molecule has 0 saturated heterocycles. The molecule has 33 heavy (non-hydrogen) atoms. The van der Waals surface area contributed by atoms with Crippen molar-refractivity contribution in [3.8, 4) is 11.4 Å². The van der Waals surface area contributed by atoms with Crippen LogP contribution in [0.1, 0.15) is 38.2 Å². The summed E-state index contributed by atoms with van der Waals surface area (Å²) in [5, 5.41) is 11.4. The lowest BCUT2D eigenvalue weighted by atomic mass is 10.2. The molecule has 170 valence electrons. The number of thiophene rings is 1. The van der Waals surface area contributed by atoms with Crippen LogP contribution in [0.15, 0.2) is 54.6 Å². The highest BCUT2D eigenvalue weighted by Crippen LogP contribution is 2.31. The second-order valence-electron chi connectivity index (χ2n) is 7.62. The van der Waals surface area contributed by atoms with Crippen LogP contribution in [0.3, 0.4) is 0 Å². The summed E-state index contributed by atoms with van der Waals surface area (Å²) in [6.07, 6.45) is 0.782. The van der Waals surface area contributed by atoms with E-state index < -0.39 is 0 Å². The third-order valence-electron chi connectivity index (χ3n) is 5.32. The molecule has 0 atom stereocenters. The van der Waals surface area contributed by atoms with Crippen molar-refractivity contribution in [3.63, 3.8) is 0 Å². The molecule has 0 saturated carbocycles. The first-order valence-corrected chi connectivity index (χ1v) is 11.6. The molecular weight excluding hydrogens is 436 g/mol. The van der Waals surface area contributed by atoms with Gasteiger partial charge in [0.15, 0.2) is 0 Å². The SMILES string of the molecule is CCc1nn(-c2ccc(C)cc2)c2sc(C(=O)NCCNC(=O)c3ccc(OC)cc3)cc12. The lowest BCUT2D eigenvalue weighted by Gasteiger charge is -2.07. The third kappa shape index (κ3) is 4.90. The number of aryl methyl sites for hydroxylation is 2. The summed E-state index contributed by atoms with van der Waals surface area (Å²) in [6.45, 7) is 4.77. The highest BCUT2D eigenvalue weighted by atomic mass is 32.1. The number of fused-ring (bicyclic) bond motifs is 1. The first-order chi connectivity index (χ1) is 16.0. The molecule has 0 aliphatic rings. The van der Waals surface area contributed by atoms with Crippen molar-refractivity contribution in [3.05, 3.63) is 76.3 Å². The standard InChI is InChI=1S/C25H26N4O3S/c1-4-21-20-15-22(33-25(20)29(28-21)18-9-5-16(2)6-10-18)24(31)27-14-13-26-23(30)17-7-11-19(32-3)12-8-17/h5-12,15H,4,13-14H2,1-3H3,(H,26,30)(H,27,31). The Bertz CT molecular complexity index is 1270. The van der Waals surface area contributed by atoms with Crippen LogP contribution in [0.5, 0.6) is 5.75 Å². The van der Waals surface area contributed by atoms with Crippen molar-refractivity contribution in [1.29, 1.82) is 0 Å². The molecule has 2 amide bonds. The molecule has 0 bridgehead atoms. The van der Waals surface area contributed by atoms with Crippen LogP contribution in [0, 0.1) is 6.92 Å². The van der Waals surface area contributed by atoms with Gasteiger partial charge in [-0.2, -0.15) is 5.10 Å². The van der Waals surface area contributed by atoms with E-state index in [1.807, 2.05) is 29.8 Å². The third-order valence-corrected chi connectivity index (χ3v) is 6.43. The smallest absolute Gasteiger partial charge is 0.261 e. The van der Waals surface area contributed by atoms with Crippen LogP contribution in [-0.2, 0) is 6.42 Å². The maximum Gasteiger partial charge on any atom is 0.261 e. The number of nitrogens with zero attached hydrogens (tertiary/aromatic N) is 2. The van der Waals surface area contributed by atoms with Crippen molar-refractivity contribution in [2.24, 2.45) is 0 Å². The minimum absolute atomic E-state index is 0.160. The van der Waals surface area contributed by atoms with Gasteiger partial charge < -0.3 is 15.4 Å². The Morgan fingerprint density at radius 1 is 1.00 bits per heavy atom. The first kappa shape index (κ1) is 22.5. The van der Waals surface area contributed by atoms with E-state index in [4.69, 9.17) is 9.84 Å². The predicted octanol–water partition coefficient (Wildman–Crippen LogP) is 4.13. The van der Waals surface area contributed by atoms with Gasteiger partial charge in [0.2, 0.25) is 0 Å². The van der Waals surface area contributed by atoms with Crippen molar-refractivity contribution in [2.45, 2.75) is 20.3 Å². The van der Waals surface area contributed by atoms with Gasteiger partial charge in [0.1, 0.15) is 10.6 Å². The summed E-state index contributed by atoms with van der Waals surface area (Å²) >= 11 is 1.42. The number of ether oxygens (including phenoxy) is 1. The van der Waals surface area contributed by atoms with E-state index in [2.05, 4.69) is 29.7 Å². The fourth-order valence-electron chi connectivity index (χ4n) is 3.48. The van der Waals surface area contributed by atoms with Crippen LogP contribution in [0.2, 0.25) is 0 Å². The van der Waals surface area contributed by atoms with Crippen LogP contribution >= 0.6 is 11.3 Å². The molecular formula is C25H26N4O3S. The second-order valence-corrected chi connectivity index (χ2v) is 8.65. The van der Waals surface area contributed by atoms with E-state index in [1.54, 1.807) is 31.4 Å². The molecule has 0 aliphatic carbocycles. The Morgan fingerprint density at radius 2 is 1.67 bits per heavy atom. The van der Waals surface area contributed by atoms with Gasteiger partial charge in [-0.3, -0.25) is 9.59 Å². The highest BCUT2D eigenvalue weighted by Gasteiger charge is 2.18. The number of carbonyl (C=O) groups is 2. The van der Waals surface area contributed by atoms with Gasteiger partial charge in [-0.1, -0.05) is 24.6 Å². The van der Waals surface area contributed by atoms with Gasteiger partial charge >= 0.3 is 0 Å². The Morgan fingerprint density at radius 3 is 2.30 bits per heavy atom. The van der Waals surface area contributed by atoms with Crippen molar-refractivity contribution >= 4 is 33.4 Å². The lowest BCUT2D eigenvalue weighted by Crippen LogP contribution is -2.34. The summed E-state index contributed by atoms with van der Waals surface area (Å²) in [5.74, 6) is 0.339. The largest absolute Gasteiger partial charge is 0.497 e. The zero-order valence-corrected chi connectivity index (χ0v) is 19.7. The maximum absolute atomic E-state index is 12.7. The Kier molecular flexibility index (Phi) is 6.74. The van der Waals surface area contributed by atoms with Crippen molar-refractivity contribution in [2.75, 3.05) is 20.2 Å². The summed E-state index contributed by atoms with van der Waals surface area (Å²) in [5.41, 5.74) is 3.66. The molecule has 4 rings (SSSR count). The number of hydrogen-bond acceptors (Lipinski definition) is 5. The zero-order chi connectivity index (χ0) is 23.4. The monoisotopic (exact) mass is 462 g/mol. The molecule has 2 N–H and O–H groups in total. The van der Waals surface area contributed by atoms with Gasteiger partial charge in [-0.25, -0.2) is 4.68 Å². The second kappa shape index (κ2) is 9.87. The zero-order valence-electron chi connectivity index (χ0n) is 18.8. The van der Waals surface area contributed by atoms with E-state index in [0.717, 1.165) is 28.0 Å². The normalized spacial score (nSPS) is 10.9. The number of rotatable bonds is 8. The van der Waals surface area contributed by atoms with Gasteiger partial charge in [0.05, 0.1) is 23.4 Å². The summed E-state index contributed by atoms with van der Waals surface area (Å²) < 4.78 is 7.01. The number of benzene rings is 2. The molecule has 8 heteroatoms. The molecule has 0 fully saturated rings. The molecule has 2 aromatic heterocycles. The number of amides is 2. The Labute approximate surface area is 196 Å². The molecule has 4 aromatic rings. The molecule has 0 aliphatic heterocycles. The maximum atomic E-state index is 12.7. The van der Waals surface area contributed by atoms with Crippen LogP contribution in [-0.4, -0.2) is 41.8 Å². The topological polar surface area (TPSA) is 85.3 Å². The Hall–Kier alpha value is -3.65. The number of aromatic nitrogens is 2. The Balaban J connectivity index is 1.39. The summed E-state index contributed by atoms with van der Waals surface area (Å²) in [4.78, 5) is 26.5. The fraction of sp³-hybridized carbons (Fsp3) is 0.240. The van der Waals surface area contributed by atoms with E-state index in [-0.39, 0.29) is 11.8 Å². The molecule has 7 nitrogen and oxygen atoms in total. The number of carbonyl (C=O) groups excluding carboxylic acids is 2. The summed E-state index contributed by atoms with van der Waals surface area (Å²) in [6, 6.07) is 17.0. The van der Waals surface area contributed by atoms with Crippen LogP contribution < -0.4 is 15.4 Å². The van der Waals surface area contributed by atoms with E-state index in [1.165, 1.54) is 16.9 Å². The average molecular weight is 463 g/mol. The predicted molar refractivity (Wildman–Crippen MR) is 131 cm³/mol. The number of nitrogens with one attached hydrogen (secondary N) is 2. The molecule has 0 spiro atoms. The number of methoxy groups -OCH3 is 1. The molecule has 0 unspecified atom stereocenters. The minimum atomic E-state index is -0.195. The fourth-order valence-corrected chi connectivity index (χ4v) is 4.55. The number of hydrogen-bond donors (Lipinski definition) is 2. The molecule has 2 aromatic carbocycles. The van der Waals surface area contributed by atoms with Crippen LogP contribution in [0.4, 0.5) is 0 Å². The lowest BCUT2D eigenvalue weighted by molar-refractivity contribution is 0.0929. The van der Waals surface area contributed by atoms with E-state index in [0.29, 0.717) is 29.3 Å². The minimum Gasteiger partial charge on any atom is -0.497 e. The molecule has 2 heterocycles. The van der Waals surface area contributed by atoms with Crippen molar-refractivity contribution in [1.82, 2.24) is 20.4 Å². The van der Waals surface area contributed by atoms with Gasteiger partial charge in [0, 0.05) is 24.0 Å². The van der Waals surface area contributed by atoms with Crippen molar-refractivity contribution < 1.29 is 14.3 Å². The van der Waals surface area contributed by atoms with E-state index in [9.17, 15) is 9.59 Å². The van der Waals surface area contributed by atoms with Gasteiger partial charge in [0.25, 0.3) is 11.8 Å². The average Bonchev–Trinajstić information content (AvgIpc) is 3.42. The quantitative estimate of drug-likeness (QED) is 0.386. The van der Waals surface area contributed by atoms with Crippen LogP contribution in [0.25, 0.3) is 15.9 Å².